The third kappa shape index (κ3) is 2.73. The van der Waals surface area contributed by atoms with Crippen molar-refractivity contribution in [1.29, 1.82) is 0 Å². The van der Waals surface area contributed by atoms with Gasteiger partial charge >= 0.3 is 0 Å². The molecule has 0 saturated carbocycles. The molecule has 0 spiro atoms. The third-order valence-electron chi connectivity index (χ3n) is 2.09. The van der Waals surface area contributed by atoms with Gasteiger partial charge in [-0.2, -0.15) is 5.10 Å². The minimum absolute atomic E-state index is 0.631. The lowest BCUT2D eigenvalue weighted by molar-refractivity contribution is 0.673. The Labute approximate surface area is 99.3 Å². The minimum Gasteiger partial charge on any atom is -0.370 e. The van der Waals surface area contributed by atoms with E-state index < -0.39 is 0 Å². The van der Waals surface area contributed by atoms with E-state index in [0.29, 0.717) is 11.6 Å². The second-order valence-electron chi connectivity index (χ2n) is 3.40. The van der Waals surface area contributed by atoms with Crippen LogP contribution in [0.5, 0.6) is 0 Å². The highest BCUT2D eigenvalue weighted by Crippen LogP contribution is 2.09. The highest BCUT2D eigenvalue weighted by Gasteiger charge is 2.00. The van der Waals surface area contributed by atoms with Crippen molar-refractivity contribution in [1.82, 2.24) is 14.8 Å². The molecule has 0 fully saturated rings. The van der Waals surface area contributed by atoms with E-state index in [4.69, 9.17) is 11.6 Å². The highest BCUT2D eigenvalue weighted by molar-refractivity contribution is 6.30. The van der Waals surface area contributed by atoms with Crippen LogP contribution >= 0.6 is 11.6 Å². The molecule has 1 N–H and O–H groups in total. The van der Waals surface area contributed by atoms with Gasteiger partial charge in [0.25, 0.3) is 0 Å². The van der Waals surface area contributed by atoms with Crippen molar-refractivity contribution in [2.45, 2.75) is 13.5 Å². The van der Waals surface area contributed by atoms with E-state index in [2.05, 4.69) is 15.4 Å². The van der Waals surface area contributed by atoms with Gasteiger partial charge in [0.2, 0.25) is 0 Å². The molecule has 0 aliphatic carbocycles. The zero-order valence-electron chi connectivity index (χ0n) is 9.02. The Balaban J connectivity index is 2.12. The van der Waals surface area contributed by atoms with Crippen LogP contribution in [0.25, 0.3) is 0 Å². The van der Waals surface area contributed by atoms with Gasteiger partial charge in [0.1, 0.15) is 5.82 Å². The van der Waals surface area contributed by atoms with Crippen molar-refractivity contribution in [3.05, 3.63) is 41.3 Å². The lowest BCUT2D eigenvalue weighted by Gasteiger charge is -2.05. The van der Waals surface area contributed by atoms with Crippen LogP contribution in [-0.2, 0) is 6.54 Å². The Morgan fingerprint density at radius 2 is 2.31 bits per heavy atom. The topological polar surface area (TPSA) is 42.7 Å². The van der Waals surface area contributed by atoms with Gasteiger partial charge in [-0.1, -0.05) is 17.7 Å². The Morgan fingerprint density at radius 3 is 3.00 bits per heavy atom. The number of hydrogen-bond acceptors (Lipinski definition) is 3. The third-order valence-corrected chi connectivity index (χ3v) is 2.29. The molecule has 0 saturated heterocycles. The van der Waals surface area contributed by atoms with Crippen molar-refractivity contribution < 1.29 is 0 Å². The van der Waals surface area contributed by atoms with E-state index >= 15 is 0 Å². The summed E-state index contributed by atoms with van der Waals surface area (Å²) in [5.41, 5.74) is 0.957. The zero-order chi connectivity index (χ0) is 11.4. The van der Waals surface area contributed by atoms with Crippen LogP contribution in [0.4, 0.5) is 5.82 Å². The van der Waals surface area contributed by atoms with E-state index in [0.717, 1.165) is 18.1 Å². The van der Waals surface area contributed by atoms with Crippen LogP contribution in [0.15, 0.2) is 30.6 Å². The van der Waals surface area contributed by atoms with Crippen LogP contribution in [0.1, 0.15) is 12.6 Å². The summed E-state index contributed by atoms with van der Waals surface area (Å²) in [7, 11) is 0. The van der Waals surface area contributed by atoms with E-state index in [1.807, 2.05) is 25.1 Å². The fourth-order valence-corrected chi connectivity index (χ4v) is 1.59. The molecule has 0 unspecified atom stereocenters. The highest BCUT2D eigenvalue weighted by atomic mass is 35.5. The lowest BCUT2D eigenvalue weighted by atomic mass is 10.3. The molecular formula is C11H13ClN4. The Hall–Kier alpha value is -1.55. The number of halogens is 1. The smallest absolute Gasteiger partial charge is 0.126 e. The van der Waals surface area contributed by atoms with Gasteiger partial charge in [-0.05, 0) is 19.1 Å². The fraction of sp³-hybridized carbons (Fsp3) is 0.273. The maximum absolute atomic E-state index is 5.79. The van der Waals surface area contributed by atoms with Crippen LogP contribution in [0.2, 0.25) is 5.02 Å². The zero-order valence-corrected chi connectivity index (χ0v) is 9.78. The quantitative estimate of drug-likeness (QED) is 0.887. The molecule has 2 rings (SSSR count). The van der Waals surface area contributed by atoms with Crippen molar-refractivity contribution in [2.75, 3.05) is 11.9 Å². The summed E-state index contributed by atoms with van der Waals surface area (Å²) in [6.07, 6.45) is 3.40. The molecule has 2 aromatic rings. The van der Waals surface area contributed by atoms with Crippen molar-refractivity contribution in [3.8, 4) is 0 Å². The van der Waals surface area contributed by atoms with Gasteiger partial charge in [0.15, 0.2) is 0 Å². The summed E-state index contributed by atoms with van der Waals surface area (Å²) in [4.78, 5) is 4.45. The molecule has 0 aliphatic heterocycles. The summed E-state index contributed by atoms with van der Waals surface area (Å²) < 4.78 is 1.76. The first-order valence-electron chi connectivity index (χ1n) is 5.15. The Bertz CT molecular complexity index is 467. The summed E-state index contributed by atoms with van der Waals surface area (Å²) >= 11 is 5.79. The maximum atomic E-state index is 5.79. The van der Waals surface area contributed by atoms with Crippen molar-refractivity contribution in [2.24, 2.45) is 0 Å². The molecule has 0 aromatic carbocycles. The number of aromatic nitrogens is 3. The first-order valence-corrected chi connectivity index (χ1v) is 5.53. The van der Waals surface area contributed by atoms with Gasteiger partial charge in [-0.3, -0.25) is 4.68 Å². The molecule has 4 nitrogen and oxygen atoms in total. The van der Waals surface area contributed by atoms with Crippen molar-refractivity contribution in [3.63, 3.8) is 0 Å². The Kier molecular flexibility index (Phi) is 3.41. The van der Waals surface area contributed by atoms with Crippen LogP contribution in [0, 0.1) is 0 Å². The number of nitrogens with one attached hydrogen (secondary N) is 1. The maximum Gasteiger partial charge on any atom is 0.126 e. The lowest BCUT2D eigenvalue weighted by Crippen LogP contribution is -2.05. The van der Waals surface area contributed by atoms with Gasteiger partial charge in [-0.15, -0.1) is 0 Å². The average Bonchev–Trinajstić information content (AvgIpc) is 2.65. The fourth-order valence-electron chi connectivity index (χ4n) is 1.44. The SMILES string of the molecule is CCNc1cccc(Cn2cc(Cl)cn2)n1. The van der Waals surface area contributed by atoms with E-state index in [-0.39, 0.29) is 0 Å². The predicted octanol–water partition coefficient (Wildman–Crippen LogP) is 2.41. The van der Waals surface area contributed by atoms with Crippen LogP contribution in [0.3, 0.4) is 0 Å². The number of rotatable bonds is 4. The minimum atomic E-state index is 0.631. The van der Waals surface area contributed by atoms with E-state index in [1.54, 1.807) is 17.1 Å². The number of nitrogens with zero attached hydrogens (tertiary/aromatic N) is 3. The molecule has 84 valence electrons. The summed E-state index contributed by atoms with van der Waals surface area (Å²) in [6, 6.07) is 5.89. The number of hydrogen-bond donors (Lipinski definition) is 1. The van der Waals surface area contributed by atoms with Crippen LogP contribution < -0.4 is 5.32 Å². The molecule has 5 heteroatoms. The first-order chi connectivity index (χ1) is 7.78. The predicted molar refractivity (Wildman–Crippen MR) is 64.7 cm³/mol. The van der Waals surface area contributed by atoms with Gasteiger partial charge in [0, 0.05) is 12.7 Å². The molecule has 16 heavy (non-hydrogen) atoms. The van der Waals surface area contributed by atoms with E-state index in [1.165, 1.54) is 0 Å². The van der Waals surface area contributed by atoms with Crippen molar-refractivity contribution >= 4 is 17.4 Å². The molecule has 0 atom stereocenters. The van der Waals surface area contributed by atoms with E-state index in [9.17, 15) is 0 Å². The summed E-state index contributed by atoms with van der Waals surface area (Å²) in [6.45, 7) is 3.54. The van der Waals surface area contributed by atoms with Gasteiger partial charge < -0.3 is 5.32 Å². The normalized spacial score (nSPS) is 10.4. The summed E-state index contributed by atoms with van der Waals surface area (Å²) in [5.74, 6) is 0.887. The molecule has 0 aliphatic rings. The summed E-state index contributed by atoms with van der Waals surface area (Å²) in [5, 5.41) is 7.92. The molecule has 0 radical (unpaired) electrons. The van der Waals surface area contributed by atoms with Crippen LogP contribution in [-0.4, -0.2) is 21.3 Å². The Morgan fingerprint density at radius 1 is 1.44 bits per heavy atom. The average molecular weight is 237 g/mol. The molecule has 2 aromatic heterocycles. The van der Waals surface area contributed by atoms with Gasteiger partial charge in [-0.25, -0.2) is 4.98 Å². The number of anilines is 1. The monoisotopic (exact) mass is 236 g/mol. The number of pyridine rings is 1. The largest absolute Gasteiger partial charge is 0.370 e. The second-order valence-corrected chi connectivity index (χ2v) is 3.84. The standard InChI is InChI=1S/C11H13ClN4/c1-2-13-11-5-3-4-10(15-11)8-16-7-9(12)6-14-16/h3-7H,2,8H2,1H3,(H,13,15). The second kappa shape index (κ2) is 4.99. The molecular weight excluding hydrogens is 224 g/mol. The molecule has 0 bridgehead atoms. The van der Waals surface area contributed by atoms with Gasteiger partial charge in [0.05, 0.1) is 23.5 Å². The molecule has 0 amide bonds. The molecule has 2 heterocycles. The first kappa shape index (κ1) is 11.0.